The number of rotatable bonds is 0. The second kappa shape index (κ2) is 3.25. The third-order valence-electron chi connectivity index (χ3n) is 2.47. The van der Waals surface area contributed by atoms with Crippen molar-refractivity contribution in [3.05, 3.63) is 35.0 Å². The zero-order valence-corrected chi connectivity index (χ0v) is 8.70. The molecule has 2 N–H and O–H groups in total. The minimum Gasteiger partial charge on any atom is -0.397 e. The van der Waals surface area contributed by atoms with Crippen LogP contribution in [0, 0.1) is 25.2 Å². The lowest BCUT2D eigenvalue weighted by atomic mass is 10.0. The molecule has 0 saturated heterocycles. The minimum atomic E-state index is 0.439. The lowest BCUT2D eigenvalue weighted by Gasteiger charge is -2.07. The van der Waals surface area contributed by atoms with Gasteiger partial charge in [0.2, 0.25) is 0 Å². The van der Waals surface area contributed by atoms with E-state index in [0.717, 1.165) is 22.0 Å². The standard InChI is InChI=1S/C12H11N3/c1-7-3-8(2)11-10(4-7)15-6-9(5-13)12(11)14/h3-4,6H,1-2H3,(H2,14,15). The largest absolute Gasteiger partial charge is 0.397 e. The summed E-state index contributed by atoms with van der Waals surface area (Å²) in [6.45, 7) is 4.00. The first kappa shape index (κ1) is 9.47. The van der Waals surface area contributed by atoms with Gasteiger partial charge in [-0.1, -0.05) is 6.07 Å². The Balaban J connectivity index is 2.94. The summed E-state index contributed by atoms with van der Waals surface area (Å²) >= 11 is 0. The Bertz CT molecular complexity index is 579. The molecule has 0 aliphatic rings. The second-order valence-electron chi connectivity index (χ2n) is 3.67. The lowest BCUT2D eigenvalue weighted by molar-refractivity contribution is 1.34. The summed E-state index contributed by atoms with van der Waals surface area (Å²) in [6, 6.07) is 6.06. The number of benzene rings is 1. The number of hydrogen-bond donors (Lipinski definition) is 1. The molecular weight excluding hydrogens is 186 g/mol. The average molecular weight is 197 g/mol. The topological polar surface area (TPSA) is 62.7 Å². The van der Waals surface area contributed by atoms with Crippen LogP contribution in [0.5, 0.6) is 0 Å². The lowest BCUT2D eigenvalue weighted by Crippen LogP contribution is -1.96. The van der Waals surface area contributed by atoms with Crippen molar-refractivity contribution in [2.24, 2.45) is 0 Å². The SMILES string of the molecule is Cc1cc(C)c2c(N)c(C#N)cnc2c1. The molecule has 1 aromatic heterocycles. The van der Waals surface area contributed by atoms with E-state index >= 15 is 0 Å². The maximum absolute atomic E-state index is 8.85. The summed E-state index contributed by atoms with van der Waals surface area (Å²) in [4.78, 5) is 4.23. The number of pyridine rings is 1. The summed E-state index contributed by atoms with van der Waals surface area (Å²) in [5, 5.41) is 9.74. The third kappa shape index (κ3) is 1.40. The zero-order valence-electron chi connectivity index (χ0n) is 8.70. The van der Waals surface area contributed by atoms with E-state index in [0.29, 0.717) is 11.3 Å². The predicted molar refractivity (Wildman–Crippen MR) is 60.3 cm³/mol. The Kier molecular flexibility index (Phi) is 2.05. The van der Waals surface area contributed by atoms with E-state index < -0.39 is 0 Å². The Hall–Kier alpha value is -2.08. The van der Waals surface area contributed by atoms with Crippen LogP contribution in [0.3, 0.4) is 0 Å². The van der Waals surface area contributed by atoms with E-state index in [1.807, 2.05) is 32.0 Å². The first-order valence-electron chi connectivity index (χ1n) is 4.69. The average Bonchev–Trinajstić information content (AvgIpc) is 2.17. The molecule has 2 rings (SSSR count). The van der Waals surface area contributed by atoms with Gasteiger partial charge in [0.05, 0.1) is 16.8 Å². The van der Waals surface area contributed by atoms with Crippen LogP contribution >= 0.6 is 0 Å². The molecule has 0 saturated carbocycles. The number of fused-ring (bicyclic) bond motifs is 1. The van der Waals surface area contributed by atoms with Crippen molar-refractivity contribution in [2.45, 2.75) is 13.8 Å². The van der Waals surface area contributed by atoms with E-state index in [-0.39, 0.29) is 0 Å². The Labute approximate surface area is 88.2 Å². The summed E-state index contributed by atoms with van der Waals surface area (Å²) in [6.07, 6.45) is 1.52. The van der Waals surface area contributed by atoms with Gasteiger partial charge in [-0.2, -0.15) is 5.26 Å². The molecule has 0 amide bonds. The molecule has 1 heterocycles. The number of anilines is 1. The number of nitrogens with two attached hydrogens (primary N) is 1. The van der Waals surface area contributed by atoms with Crippen LogP contribution in [0.2, 0.25) is 0 Å². The van der Waals surface area contributed by atoms with Gasteiger partial charge in [-0.15, -0.1) is 0 Å². The number of nitrogen functional groups attached to an aromatic ring is 1. The van der Waals surface area contributed by atoms with E-state index in [1.54, 1.807) is 0 Å². The number of hydrogen-bond acceptors (Lipinski definition) is 3. The molecule has 0 unspecified atom stereocenters. The van der Waals surface area contributed by atoms with Gasteiger partial charge in [-0.05, 0) is 31.0 Å². The van der Waals surface area contributed by atoms with Crippen LogP contribution in [0.4, 0.5) is 5.69 Å². The van der Waals surface area contributed by atoms with Crippen LogP contribution in [0.1, 0.15) is 16.7 Å². The van der Waals surface area contributed by atoms with E-state index in [2.05, 4.69) is 4.98 Å². The molecule has 0 bridgehead atoms. The summed E-state index contributed by atoms with van der Waals surface area (Å²) in [5.41, 5.74) is 9.95. The van der Waals surface area contributed by atoms with E-state index in [4.69, 9.17) is 11.0 Å². The molecule has 0 spiro atoms. The molecule has 0 aliphatic carbocycles. The monoisotopic (exact) mass is 197 g/mol. The van der Waals surface area contributed by atoms with E-state index in [9.17, 15) is 0 Å². The van der Waals surface area contributed by atoms with Gasteiger partial charge in [0, 0.05) is 11.6 Å². The fraction of sp³-hybridized carbons (Fsp3) is 0.167. The molecule has 15 heavy (non-hydrogen) atoms. The second-order valence-corrected chi connectivity index (χ2v) is 3.67. The smallest absolute Gasteiger partial charge is 0.103 e. The highest BCUT2D eigenvalue weighted by Crippen LogP contribution is 2.26. The molecule has 1 aromatic carbocycles. The Morgan fingerprint density at radius 1 is 1.33 bits per heavy atom. The fourth-order valence-corrected chi connectivity index (χ4v) is 1.82. The Morgan fingerprint density at radius 2 is 2.07 bits per heavy atom. The number of nitrogens with zero attached hydrogens (tertiary/aromatic N) is 2. The molecule has 0 fully saturated rings. The summed E-state index contributed by atoms with van der Waals surface area (Å²) in [5.74, 6) is 0. The Morgan fingerprint density at radius 3 is 2.73 bits per heavy atom. The van der Waals surface area contributed by atoms with Crippen LogP contribution in [-0.2, 0) is 0 Å². The molecule has 2 aromatic rings. The summed E-state index contributed by atoms with van der Waals surface area (Å²) < 4.78 is 0. The highest BCUT2D eigenvalue weighted by Gasteiger charge is 2.07. The third-order valence-corrected chi connectivity index (χ3v) is 2.47. The maximum Gasteiger partial charge on any atom is 0.103 e. The van der Waals surface area contributed by atoms with Crippen molar-refractivity contribution in [2.75, 3.05) is 5.73 Å². The van der Waals surface area contributed by atoms with Crippen LogP contribution < -0.4 is 5.73 Å². The zero-order chi connectivity index (χ0) is 11.0. The molecule has 74 valence electrons. The van der Waals surface area contributed by atoms with Gasteiger partial charge in [0.25, 0.3) is 0 Å². The van der Waals surface area contributed by atoms with Gasteiger partial charge < -0.3 is 5.73 Å². The predicted octanol–water partition coefficient (Wildman–Crippen LogP) is 2.31. The first-order chi connectivity index (χ1) is 7.13. The minimum absolute atomic E-state index is 0.439. The van der Waals surface area contributed by atoms with E-state index in [1.165, 1.54) is 6.20 Å². The van der Waals surface area contributed by atoms with Crippen LogP contribution in [-0.4, -0.2) is 4.98 Å². The highest BCUT2D eigenvalue weighted by atomic mass is 14.7. The number of aromatic nitrogens is 1. The van der Waals surface area contributed by atoms with Gasteiger partial charge >= 0.3 is 0 Å². The highest BCUT2D eigenvalue weighted by molar-refractivity contribution is 5.95. The van der Waals surface area contributed by atoms with Gasteiger partial charge in [0.1, 0.15) is 6.07 Å². The number of nitriles is 1. The number of aryl methyl sites for hydroxylation is 2. The van der Waals surface area contributed by atoms with Gasteiger partial charge in [-0.25, -0.2) is 0 Å². The van der Waals surface area contributed by atoms with Crippen LogP contribution in [0.15, 0.2) is 18.3 Å². The molecule has 3 heteroatoms. The van der Waals surface area contributed by atoms with Gasteiger partial charge in [0.15, 0.2) is 0 Å². The quantitative estimate of drug-likeness (QED) is 0.704. The fourth-order valence-electron chi connectivity index (χ4n) is 1.82. The van der Waals surface area contributed by atoms with Gasteiger partial charge in [-0.3, -0.25) is 4.98 Å². The summed E-state index contributed by atoms with van der Waals surface area (Å²) in [7, 11) is 0. The van der Waals surface area contributed by atoms with Crippen molar-refractivity contribution in [1.82, 2.24) is 4.98 Å². The molecular formula is C12H11N3. The van der Waals surface area contributed by atoms with Crippen molar-refractivity contribution >= 4 is 16.6 Å². The van der Waals surface area contributed by atoms with Crippen molar-refractivity contribution in [3.8, 4) is 6.07 Å². The van der Waals surface area contributed by atoms with Crippen molar-refractivity contribution in [1.29, 1.82) is 5.26 Å². The molecule has 3 nitrogen and oxygen atoms in total. The molecule has 0 radical (unpaired) electrons. The molecule has 0 atom stereocenters. The van der Waals surface area contributed by atoms with Crippen molar-refractivity contribution in [3.63, 3.8) is 0 Å². The van der Waals surface area contributed by atoms with Crippen molar-refractivity contribution < 1.29 is 0 Å². The maximum atomic E-state index is 8.85. The van der Waals surface area contributed by atoms with Crippen LogP contribution in [0.25, 0.3) is 10.9 Å². The first-order valence-corrected chi connectivity index (χ1v) is 4.69. The molecule has 0 aliphatic heterocycles. The normalized spacial score (nSPS) is 10.2.